The molecule has 0 bridgehead atoms. The molecule has 1 aromatic carbocycles. The number of rotatable bonds is 4. The summed E-state index contributed by atoms with van der Waals surface area (Å²) < 4.78 is 44.5. The Morgan fingerprint density at radius 1 is 1.42 bits per heavy atom. The van der Waals surface area contributed by atoms with E-state index in [1.165, 1.54) is 6.07 Å². The van der Waals surface area contributed by atoms with Crippen LogP contribution in [0.25, 0.3) is 0 Å². The van der Waals surface area contributed by atoms with Crippen LogP contribution in [0.1, 0.15) is 25.3 Å². The third-order valence-corrected chi connectivity index (χ3v) is 3.45. The molecule has 1 saturated heterocycles. The Bertz CT molecular complexity index is 620. The summed E-state index contributed by atoms with van der Waals surface area (Å²) in [6, 6.07) is 1.66. The molecule has 24 heavy (non-hydrogen) atoms. The van der Waals surface area contributed by atoms with Gasteiger partial charge in [-0.3, -0.25) is 4.79 Å². The fourth-order valence-corrected chi connectivity index (χ4v) is 2.35. The number of carbonyl (C=O) groups excluding carboxylic acids is 2. The summed E-state index contributed by atoms with van der Waals surface area (Å²) in [7, 11) is 0. The molecule has 0 aliphatic carbocycles. The van der Waals surface area contributed by atoms with Gasteiger partial charge in [0.25, 0.3) is 0 Å². The Labute approximate surface area is 136 Å². The van der Waals surface area contributed by atoms with E-state index in [0.29, 0.717) is 19.4 Å². The topological polar surface area (TPSA) is 79.5 Å². The highest BCUT2D eigenvalue weighted by Crippen LogP contribution is 2.37. The fourth-order valence-electron chi connectivity index (χ4n) is 2.35. The standard InChI is InChI=1S/C15H18F3N3O3/c1-2-24-9-5-6-11(10(8-9)15(16,17)18)20-14(23)21-12-4-3-7-19-13(12)22/h5-6,8,12H,2-4,7H2,1H3,(H,19,22)(H2,20,21,23). The number of amides is 3. The molecule has 2 rings (SSSR count). The van der Waals surface area contributed by atoms with Gasteiger partial charge in [0.1, 0.15) is 11.8 Å². The number of benzene rings is 1. The van der Waals surface area contributed by atoms with Crippen LogP contribution in [0.2, 0.25) is 0 Å². The molecule has 0 saturated carbocycles. The fraction of sp³-hybridized carbons (Fsp3) is 0.467. The van der Waals surface area contributed by atoms with Crippen LogP contribution < -0.4 is 20.7 Å². The third kappa shape index (κ3) is 4.53. The van der Waals surface area contributed by atoms with E-state index >= 15 is 0 Å². The molecule has 3 amide bonds. The van der Waals surface area contributed by atoms with Gasteiger partial charge in [0.15, 0.2) is 0 Å². The molecule has 9 heteroatoms. The van der Waals surface area contributed by atoms with Crippen LogP contribution in [0.5, 0.6) is 5.75 Å². The van der Waals surface area contributed by atoms with Gasteiger partial charge in [-0.2, -0.15) is 13.2 Å². The highest BCUT2D eigenvalue weighted by Gasteiger charge is 2.35. The molecule has 1 aromatic rings. The second kappa shape index (κ2) is 7.41. The van der Waals surface area contributed by atoms with Crippen LogP contribution in [-0.4, -0.2) is 31.1 Å². The van der Waals surface area contributed by atoms with Gasteiger partial charge >= 0.3 is 12.2 Å². The summed E-state index contributed by atoms with van der Waals surface area (Å²) in [6.07, 6.45) is -3.53. The normalized spacial score (nSPS) is 17.8. The molecule has 1 aliphatic heterocycles. The lowest BCUT2D eigenvalue weighted by Crippen LogP contribution is -2.51. The number of urea groups is 1. The van der Waals surface area contributed by atoms with Gasteiger partial charge in [-0.05, 0) is 38.0 Å². The number of carbonyl (C=O) groups is 2. The second-order valence-corrected chi connectivity index (χ2v) is 5.22. The average Bonchev–Trinajstić information content (AvgIpc) is 2.50. The maximum Gasteiger partial charge on any atom is 0.418 e. The van der Waals surface area contributed by atoms with Crippen molar-refractivity contribution in [1.29, 1.82) is 0 Å². The van der Waals surface area contributed by atoms with Gasteiger partial charge in [0.05, 0.1) is 17.9 Å². The van der Waals surface area contributed by atoms with Crippen LogP contribution in [0.4, 0.5) is 23.7 Å². The van der Waals surface area contributed by atoms with Crippen molar-refractivity contribution in [3.63, 3.8) is 0 Å². The van der Waals surface area contributed by atoms with Crippen LogP contribution >= 0.6 is 0 Å². The Morgan fingerprint density at radius 3 is 2.79 bits per heavy atom. The molecule has 1 aliphatic rings. The summed E-state index contributed by atoms with van der Waals surface area (Å²) in [5.41, 5.74) is -1.42. The first kappa shape index (κ1) is 17.9. The van der Waals surface area contributed by atoms with Crippen molar-refractivity contribution in [2.75, 3.05) is 18.5 Å². The molecule has 1 unspecified atom stereocenters. The number of piperidine rings is 1. The van der Waals surface area contributed by atoms with Crippen molar-refractivity contribution in [2.45, 2.75) is 32.0 Å². The zero-order valence-electron chi connectivity index (χ0n) is 13.0. The molecule has 1 fully saturated rings. The van der Waals surface area contributed by atoms with E-state index in [1.54, 1.807) is 6.92 Å². The van der Waals surface area contributed by atoms with Crippen LogP contribution in [0.3, 0.4) is 0 Å². The lowest BCUT2D eigenvalue weighted by molar-refractivity contribution is -0.137. The van der Waals surface area contributed by atoms with Gasteiger partial charge in [-0.15, -0.1) is 0 Å². The highest BCUT2D eigenvalue weighted by molar-refractivity contribution is 5.94. The predicted molar refractivity (Wildman–Crippen MR) is 80.8 cm³/mol. The van der Waals surface area contributed by atoms with Crippen molar-refractivity contribution in [2.24, 2.45) is 0 Å². The molecule has 0 radical (unpaired) electrons. The largest absolute Gasteiger partial charge is 0.494 e. The van der Waals surface area contributed by atoms with Crippen molar-refractivity contribution in [3.05, 3.63) is 23.8 Å². The van der Waals surface area contributed by atoms with E-state index in [-0.39, 0.29) is 18.3 Å². The molecule has 1 atom stereocenters. The van der Waals surface area contributed by atoms with E-state index in [0.717, 1.165) is 12.1 Å². The van der Waals surface area contributed by atoms with Gasteiger partial charge in [-0.1, -0.05) is 0 Å². The number of ether oxygens (including phenoxy) is 1. The zero-order valence-corrected chi connectivity index (χ0v) is 13.0. The SMILES string of the molecule is CCOc1ccc(NC(=O)NC2CCCNC2=O)c(C(F)(F)F)c1. The first-order valence-electron chi connectivity index (χ1n) is 7.50. The summed E-state index contributed by atoms with van der Waals surface area (Å²) in [5, 5.41) is 7.10. The number of hydrogen-bond acceptors (Lipinski definition) is 3. The highest BCUT2D eigenvalue weighted by atomic mass is 19.4. The first-order valence-corrected chi connectivity index (χ1v) is 7.50. The smallest absolute Gasteiger partial charge is 0.418 e. The molecule has 1 heterocycles. The van der Waals surface area contributed by atoms with E-state index in [9.17, 15) is 22.8 Å². The Hall–Kier alpha value is -2.45. The monoisotopic (exact) mass is 345 g/mol. The number of halogens is 3. The van der Waals surface area contributed by atoms with E-state index < -0.39 is 29.5 Å². The quantitative estimate of drug-likeness (QED) is 0.784. The summed E-state index contributed by atoms with van der Waals surface area (Å²) >= 11 is 0. The van der Waals surface area contributed by atoms with Gasteiger partial charge < -0.3 is 20.7 Å². The average molecular weight is 345 g/mol. The summed E-state index contributed by atoms with van der Waals surface area (Å²) in [6.45, 7) is 2.40. The zero-order chi connectivity index (χ0) is 17.7. The maximum absolute atomic E-state index is 13.1. The molecular weight excluding hydrogens is 327 g/mol. The lowest BCUT2D eigenvalue weighted by Gasteiger charge is -2.23. The lowest BCUT2D eigenvalue weighted by atomic mass is 10.1. The predicted octanol–water partition coefficient (Wildman–Crippen LogP) is 2.50. The van der Waals surface area contributed by atoms with E-state index in [2.05, 4.69) is 16.0 Å². The van der Waals surface area contributed by atoms with Crippen LogP contribution in [0.15, 0.2) is 18.2 Å². The number of nitrogens with one attached hydrogen (secondary N) is 3. The molecule has 0 spiro atoms. The Balaban J connectivity index is 2.12. The van der Waals surface area contributed by atoms with E-state index in [1.807, 2.05) is 0 Å². The van der Waals surface area contributed by atoms with Gasteiger partial charge in [-0.25, -0.2) is 4.79 Å². The van der Waals surface area contributed by atoms with Crippen molar-refractivity contribution in [1.82, 2.24) is 10.6 Å². The molecule has 3 N–H and O–H groups in total. The Morgan fingerprint density at radius 2 is 2.17 bits per heavy atom. The van der Waals surface area contributed by atoms with E-state index in [4.69, 9.17) is 4.74 Å². The van der Waals surface area contributed by atoms with Crippen LogP contribution in [0, 0.1) is 0 Å². The number of alkyl halides is 3. The minimum absolute atomic E-state index is 0.0578. The van der Waals surface area contributed by atoms with Crippen LogP contribution in [-0.2, 0) is 11.0 Å². The molecular formula is C15H18F3N3O3. The molecule has 6 nitrogen and oxygen atoms in total. The Kier molecular flexibility index (Phi) is 5.53. The minimum atomic E-state index is -4.65. The number of anilines is 1. The van der Waals surface area contributed by atoms with Crippen molar-refractivity contribution >= 4 is 17.6 Å². The van der Waals surface area contributed by atoms with Gasteiger partial charge in [0.2, 0.25) is 5.91 Å². The molecule has 0 aromatic heterocycles. The summed E-state index contributed by atoms with van der Waals surface area (Å²) in [5.74, 6) is -0.290. The van der Waals surface area contributed by atoms with Crippen molar-refractivity contribution in [3.8, 4) is 5.75 Å². The molecule has 132 valence electrons. The second-order valence-electron chi connectivity index (χ2n) is 5.22. The minimum Gasteiger partial charge on any atom is -0.494 e. The third-order valence-electron chi connectivity index (χ3n) is 3.45. The summed E-state index contributed by atoms with van der Waals surface area (Å²) in [4.78, 5) is 23.5. The maximum atomic E-state index is 13.1. The number of hydrogen-bond donors (Lipinski definition) is 3. The first-order chi connectivity index (χ1) is 11.3. The van der Waals surface area contributed by atoms with Crippen molar-refractivity contribution < 1.29 is 27.5 Å². The van der Waals surface area contributed by atoms with Gasteiger partial charge in [0, 0.05) is 6.54 Å².